The van der Waals surface area contributed by atoms with Gasteiger partial charge in [-0.1, -0.05) is 6.08 Å². The Balaban J connectivity index is 0.00000235. The number of rotatable bonds is 11. The number of nitrogens with zero attached hydrogens (tertiary/aromatic N) is 1. The second-order valence-corrected chi connectivity index (χ2v) is 10.0. The quantitative estimate of drug-likeness (QED) is 0.114. The molecule has 0 saturated carbocycles. The first-order valence-corrected chi connectivity index (χ1v) is 14.3. The van der Waals surface area contributed by atoms with Gasteiger partial charge in [0, 0.05) is 57.0 Å². The number of nitrogens with one attached hydrogen (secondary N) is 2. The summed E-state index contributed by atoms with van der Waals surface area (Å²) in [4.78, 5) is 5.80. The van der Waals surface area contributed by atoms with Crippen molar-refractivity contribution in [3.05, 3.63) is 66.0 Å². The molecule has 1 unspecified atom stereocenters. The van der Waals surface area contributed by atoms with Crippen molar-refractivity contribution in [1.82, 2.24) is 9.88 Å². The van der Waals surface area contributed by atoms with Gasteiger partial charge < -0.3 is 34.1 Å². The summed E-state index contributed by atoms with van der Waals surface area (Å²) in [5, 5.41) is 8.70. The topological polar surface area (TPSA) is 106 Å². The van der Waals surface area contributed by atoms with Crippen LogP contribution >= 0.6 is 8.38 Å². The molecule has 4 N–H and O–H groups in total. The third-order valence-electron chi connectivity index (χ3n) is 5.94. The van der Waals surface area contributed by atoms with Gasteiger partial charge in [-0.25, -0.2) is 0 Å². The number of ether oxygens (including phenoxy) is 2. The fraction of sp³-hybridized carbons (Fsp3) is 0.464. The first kappa shape index (κ1) is 30.7. The minimum Gasteiger partial charge on any atom is -0.447 e. The number of hydrogen-bond donors (Lipinski definition) is 3. The summed E-state index contributed by atoms with van der Waals surface area (Å²) in [6, 6.07) is 7.30. The summed E-state index contributed by atoms with van der Waals surface area (Å²) < 4.78 is 22.4. The summed E-state index contributed by atoms with van der Waals surface area (Å²) >= 11 is 0. The van der Waals surface area contributed by atoms with Crippen molar-refractivity contribution in [3.63, 3.8) is 0 Å². The van der Waals surface area contributed by atoms with Crippen LogP contribution in [0.3, 0.4) is 0 Å². The van der Waals surface area contributed by atoms with E-state index >= 15 is 0 Å². The number of aromatic nitrogens is 1. The number of benzene rings is 1. The lowest BCUT2D eigenvalue weighted by Gasteiger charge is -2.20. The normalized spacial score (nSPS) is 15.8. The van der Waals surface area contributed by atoms with Gasteiger partial charge in [0.05, 0.1) is 24.6 Å². The summed E-state index contributed by atoms with van der Waals surface area (Å²) in [5.74, 6) is 0.634. The van der Waals surface area contributed by atoms with Crippen LogP contribution in [0.25, 0.3) is 6.08 Å². The molecule has 1 atom stereocenters. The number of anilines is 1. The van der Waals surface area contributed by atoms with Crippen molar-refractivity contribution < 1.29 is 18.5 Å². The van der Waals surface area contributed by atoms with E-state index in [0.717, 1.165) is 56.9 Å². The molecule has 1 saturated heterocycles. The summed E-state index contributed by atoms with van der Waals surface area (Å²) in [6.45, 7) is 16.0. The van der Waals surface area contributed by atoms with Crippen molar-refractivity contribution in [3.8, 4) is 5.75 Å². The first-order valence-electron chi connectivity index (χ1n) is 12.7. The van der Waals surface area contributed by atoms with Gasteiger partial charge >= 0.3 is 0 Å². The summed E-state index contributed by atoms with van der Waals surface area (Å²) in [7, 11) is 0.595. The molecule has 3 rings (SSSR count). The third-order valence-corrected chi connectivity index (χ3v) is 6.92. The molecule has 0 radical (unpaired) electrons. The zero-order chi connectivity index (χ0) is 27.0. The molecule has 0 aliphatic carbocycles. The Morgan fingerprint density at radius 3 is 2.76 bits per heavy atom. The van der Waals surface area contributed by atoms with E-state index in [-0.39, 0.29) is 0 Å². The molecular weight excluding hydrogens is 487 g/mol. The predicted octanol–water partition coefficient (Wildman–Crippen LogP) is 5.62. The molecule has 37 heavy (non-hydrogen) atoms. The first-order chi connectivity index (χ1) is 18.0. The van der Waals surface area contributed by atoms with Crippen LogP contribution in [0.2, 0.25) is 0 Å². The minimum atomic E-state index is -1.02. The van der Waals surface area contributed by atoms with Crippen LogP contribution in [0.4, 0.5) is 5.69 Å². The van der Waals surface area contributed by atoms with Gasteiger partial charge in [-0.3, -0.25) is 5.41 Å². The van der Waals surface area contributed by atoms with Crippen LogP contribution in [-0.2, 0) is 14.0 Å². The number of hydrogen-bond acceptors (Lipinski definition) is 7. The molecule has 0 spiro atoms. The number of nitrogens with two attached hydrogens (primary N) is 1. The number of aryl methyl sites for hydroxylation is 1. The number of H-pyrrole nitrogens is 1. The standard InChI is InChI=1S/C26H39N4O4P.C2H4/c1-20-18-25(26(28)22-19-21(9-10-23(22)27)34-35(3)31-2)29-24(20)8-6-15-33-17-13-30-11-4-5-14-32-16-7-12-30;1-2/h6,8-10,18-19,28-29H,4-5,7,11-17,27H2,1-3H3;1-2H2/b8-6-,28-26?;. The lowest BCUT2D eigenvalue weighted by Crippen LogP contribution is -2.30. The average Bonchev–Trinajstić information content (AvgIpc) is 3.34. The fourth-order valence-electron chi connectivity index (χ4n) is 3.90. The van der Waals surface area contributed by atoms with Gasteiger partial charge in [-0.05, 0) is 68.6 Å². The molecule has 1 fully saturated rings. The molecular formula is C28H43N4O4P. The average molecular weight is 531 g/mol. The molecule has 1 aliphatic rings. The highest BCUT2D eigenvalue weighted by atomic mass is 31.2. The van der Waals surface area contributed by atoms with Crippen molar-refractivity contribution in [2.24, 2.45) is 0 Å². The minimum absolute atomic E-state index is 0.319. The lowest BCUT2D eigenvalue weighted by atomic mass is 10.0. The summed E-state index contributed by atoms with van der Waals surface area (Å²) in [6.07, 6.45) is 7.42. The van der Waals surface area contributed by atoms with Crippen LogP contribution in [0.1, 0.15) is 41.8 Å². The van der Waals surface area contributed by atoms with E-state index in [1.54, 1.807) is 25.3 Å². The van der Waals surface area contributed by atoms with Crippen LogP contribution in [0, 0.1) is 12.3 Å². The zero-order valence-corrected chi connectivity index (χ0v) is 23.4. The van der Waals surface area contributed by atoms with E-state index in [1.807, 2.05) is 31.8 Å². The molecule has 9 heteroatoms. The maximum atomic E-state index is 8.70. The van der Waals surface area contributed by atoms with E-state index in [4.69, 9.17) is 29.7 Å². The highest BCUT2D eigenvalue weighted by Crippen LogP contribution is 2.35. The van der Waals surface area contributed by atoms with Gasteiger partial charge in [0.2, 0.25) is 8.38 Å². The Morgan fingerprint density at radius 2 is 1.97 bits per heavy atom. The molecule has 1 aromatic carbocycles. The lowest BCUT2D eigenvalue weighted by molar-refractivity contribution is 0.115. The second kappa shape index (κ2) is 17.1. The fourth-order valence-corrected chi connectivity index (χ4v) is 4.38. The highest BCUT2D eigenvalue weighted by molar-refractivity contribution is 7.46. The van der Waals surface area contributed by atoms with Crippen LogP contribution in [0.5, 0.6) is 5.75 Å². The molecule has 0 bridgehead atoms. The smallest absolute Gasteiger partial charge is 0.226 e. The Morgan fingerprint density at radius 1 is 1.22 bits per heavy atom. The van der Waals surface area contributed by atoms with Gasteiger partial charge in [0.1, 0.15) is 5.75 Å². The van der Waals surface area contributed by atoms with Gasteiger partial charge in [-0.15, -0.1) is 13.2 Å². The van der Waals surface area contributed by atoms with Crippen LogP contribution < -0.4 is 10.3 Å². The maximum absolute atomic E-state index is 8.70. The predicted molar refractivity (Wildman–Crippen MR) is 155 cm³/mol. The van der Waals surface area contributed by atoms with Crippen molar-refractivity contribution in [2.45, 2.75) is 26.2 Å². The van der Waals surface area contributed by atoms with E-state index < -0.39 is 8.38 Å². The number of aromatic amines is 1. The van der Waals surface area contributed by atoms with Crippen molar-refractivity contribution in [2.75, 3.05) is 65.6 Å². The van der Waals surface area contributed by atoms with E-state index in [1.165, 1.54) is 6.42 Å². The van der Waals surface area contributed by atoms with Crippen molar-refractivity contribution in [1.29, 1.82) is 5.41 Å². The maximum Gasteiger partial charge on any atom is 0.226 e. The van der Waals surface area contributed by atoms with Gasteiger partial charge in [0.25, 0.3) is 0 Å². The zero-order valence-electron chi connectivity index (χ0n) is 22.6. The molecule has 204 valence electrons. The van der Waals surface area contributed by atoms with Crippen LogP contribution in [0.15, 0.2) is 43.5 Å². The third kappa shape index (κ3) is 10.4. The SMILES string of the molecule is C=C.COP(C)Oc1ccc(N)c(C(=N)c2cc(C)c(/C=C\COCCN3CCCCOCCC3)[nH]2)c1. The van der Waals surface area contributed by atoms with E-state index in [9.17, 15) is 0 Å². The van der Waals surface area contributed by atoms with Crippen molar-refractivity contribution >= 4 is 25.9 Å². The Kier molecular flexibility index (Phi) is 14.2. The van der Waals surface area contributed by atoms with E-state index in [2.05, 4.69) is 23.0 Å². The largest absolute Gasteiger partial charge is 0.447 e. The molecule has 2 aromatic rings. The Bertz CT molecular complexity index is 985. The second-order valence-electron chi connectivity index (χ2n) is 8.61. The highest BCUT2D eigenvalue weighted by Gasteiger charge is 2.14. The number of nitrogen functional groups attached to an aromatic ring is 1. The Labute approximate surface area is 223 Å². The van der Waals surface area contributed by atoms with Crippen LogP contribution in [-0.4, -0.2) is 75.4 Å². The molecule has 8 nitrogen and oxygen atoms in total. The van der Waals surface area contributed by atoms with E-state index in [0.29, 0.717) is 41.6 Å². The molecule has 0 amide bonds. The molecule has 2 heterocycles. The van der Waals surface area contributed by atoms with Gasteiger partial charge in [0.15, 0.2) is 0 Å². The molecule has 1 aromatic heterocycles. The monoisotopic (exact) mass is 530 g/mol. The molecule has 1 aliphatic heterocycles. The van der Waals surface area contributed by atoms with Gasteiger partial charge in [-0.2, -0.15) is 0 Å². The Hall–Kier alpha value is -2.48. The summed E-state index contributed by atoms with van der Waals surface area (Å²) in [5.41, 5.74) is 10.3.